The molecule has 3 atom stereocenters. The number of carbonyl (C=O) groups excluding carboxylic acids is 1. The molecule has 3 N–H and O–H groups in total. The van der Waals surface area contributed by atoms with Crippen molar-refractivity contribution in [1.82, 2.24) is 4.90 Å². The van der Waals surface area contributed by atoms with Gasteiger partial charge in [0.25, 0.3) is 0 Å². The fourth-order valence-electron chi connectivity index (χ4n) is 3.43. The highest BCUT2D eigenvalue weighted by Gasteiger charge is 2.36. The molecule has 1 heterocycles. The number of rotatable bonds is 4. The number of hydrogen-bond donors (Lipinski definition) is 2. The molecule has 1 saturated heterocycles. The number of likely N-dealkylation sites (tertiary alicyclic amines) is 1. The summed E-state index contributed by atoms with van der Waals surface area (Å²) in [6.07, 6.45) is 8.18. The molecule has 1 aliphatic heterocycles. The average molecular weight is 254 g/mol. The van der Waals surface area contributed by atoms with Gasteiger partial charge in [-0.05, 0) is 38.5 Å². The van der Waals surface area contributed by atoms with Crippen LogP contribution in [0.1, 0.15) is 51.4 Å². The molecule has 4 nitrogen and oxygen atoms in total. The Morgan fingerprint density at radius 1 is 1.22 bits per heavy atom. The second kappa shape index (κ2) is 6.53. The van der Waals surface area contributed by atoms with Crippen LogP contribution in [0.4, 0.5) is 0 Å². The lowest BCUT2D eigenvalue weighted by Gasteiger charge is -2.34. The van der Waals surface area contributed by atoms with E-state index in [1.807, 2.05) is 4.90 Å². The summed E-state index contributed by atoms with van der Waals surface area (Å²) in [7, 11) is 0. The largest absolute Gasteiger partial charge is 0.396 e. The lowest BCUT2D eigenvalue weighted by atomic mass is 9.84. The number of aliphatic hydroxyl groups excluding tert-OH is 1. The van der Waals surface area contributed by atoms with Crippen molar-refractivity contribution < 1.29 is 9.90 Å². The van der Waals surface area contributed by atoms with Gasteiger partial charge in [0.05, 0.1) is 5.92 Å². The summed E-state index contributed by atoms with van der Waals surface area (Å²) in [5.74, 6) is 0.330. The highest BCUT2D eigenvalue weighted by Crippen LogP contribution is 2.29. The highest BCUT2D eigenvalue weighted by molar-refractivity contribution is 5.80. The van der Waals surface area contributed by atoms with Crippen molar-refractivity contribution in [1.29, 1.82) is 0 Å². The Balaban J connectivity index is 1.94. The van der Waals surface area contributed by atoms with Crippen LogP contribution in [-0.4, -0.2) is 41.1 Å². The number of aliphatic hydroxyl groups is 1. The van der Waals surface area contributed by atoms with Gasteiger partial charge >= 0.3 is 0 Å². The Morgan fingerprint density at radius 2 is 2.00 bits per heavy atom. The lowest BCUT2D eigenvalue weighted by Crippen LogP contribution is -2.47. The van der Waals surface area contributed by atoms with E-state index in [0.29, 0.717) is 6.04 Å². The molecule has 0 radical (unpaired) electrons. The molecule has 1 aliphatic carbocycles. The Hall–Kier alpha value is -0.610. The van der Waals surface area contributed by atoms with Gasteiger partial charge in [0.1, 0.15) is 0 Å². The molecule has 18 heavy (non-hydrogen) atoms. The highest BCUT2D eigenvalue weighted by atomic mass is 16.3. The van der Waals surface area contributed by atoms with Gasteiger partial charge in [0.15, 0.2) is 0 Å². The van der Waals surface area contributed by atoms with Crippen molar-refractivity contribution >= 4 is 5.91 Å². The monoisotopic (exact) mass is 254 g/mol. The first-order valence-electron chi connectivity index (χ1n) is 7.41. The first-order chi connectivity index (χ1) is 8.74. The fraction of sp³-hybridized carbons (Fsp3) is 0.929. The van der Waals surface area contributed by atoms with Crippen molar-refractivity contribution in [2.24, 2.45) is 11.7 Å². The maximum Gasteiger partial charge on any atom is 0.227 e. The summed E-state index contributed by atoms with van der Waals surface area (Å²) in [5.41, 5.74) is 6.11. The van der Waals surface area contributed by atoms with Crippen LogP contribution in [0.5, 0.6) is 0 Å². The van der Waals surface area contributed by atoms with E-state index in [1.54, 1.807) is 0 Å². The summed E-state index contributed by atoms with van der Waals surface area (Å²) in [6, 6.07) is 0.407. The van der Waals surface area contributed by atoms with Crippen molar-refractivity contribution in [2.75, 3.05) is 13.2 Å². The van der Waals surface area contributed by atoms with Crippen LogP contribution >= 0.6 is 0 Å². The first-order valence-corrected chi connectivity index (χ1v) is 7.41. The van der Waals surface area contributed by atoms with E-state index >= 15 is 0 Å². The number of amides is 1. The average Bonchev–Trinajstić information content (AvgIpc) is 2.84. The molecule has 2 fully saturated rings. The molecule has 104 valence electrons. The second-order valence-electron chi connectivity index (χ2n) is 5.75. The van der Waals surface area contributed by atoms with Crippen molar-refractivity contribution in [2.45, 2.75) is 63.5 Å². The van der Waals surface area contributed by atoms with Crippen LogP contribution in [0, 0.1) is 5.92 Å². The van der Waals surface area contributed by atoms with Crippen LogP contribution in [0.2, 0.25) is 0 Å². The zero-order chi connectivity index (χ0) is 13.0. The molecule has 2 aliphatic rings. The van der Waals surface area contributed by atoms with Crippen LogP contribution < -0.4 is 5.73 Å². The minimum absolute atomic E-state index is 0.0495. The molecular weight excluding hydrogens is 228 g/mol. The summed E-state index contributed by atoms with van der Waals surface area (Å²) in [4.78, 5) is 14.6. The molecule has 1 amide bonds. The predicted octanol–water partition coefficient (Wildman–Crippen LogP) is 1.27. The minimum atomic E-state index is 0.0495. The molecule has 4 heteroatoms. The van der Waals surface area contributed by atoms with Crippen LogP contribution in [0.25, 0.3) is 0 Å². The quantitative estimate of drug-likeness (QED) is 0.794. The number of hydrogen-bond acceptors (Lipinski definition) is 3. The van der Waals surface area contributed by atoms with Crippen molar-refractivity contribution in [3.8, 4) is 0 Å². The van der Waals surface area contributed by atoms with Gasteiger partial charge in [0, 0.05) is 25.2 Å². The van der Waals surface area contributed by atoms with Gasteiger partial charge in [0.2, 0.25) is 5.91 Å². The second-order valence-corrected chi connectivity index (χ2v) is 5.75. The van der Waals surface area contributed by atoms with Crippen molar-refractivity contribution in [3.05, 3.63) is 0 Å². The van der Waals surface area contributed by atoms with Gasteiger partial charge in [-0.2, -0.15) is 0 Å². The van der Waals surface area contributed by atoms with E-state index in [0.717, 1.165) is 51.5 Å². The molecule has 1 saturated carbocycles. The topological polar surface area (TPSA) is 66.6 Å². The molecule has 0 aromatic carbocycles. The van der Waals surface area contributed by atoms with Gasteiger partial charge in [-0.25, -0.2) is 0 Å². The SMILES string of the molecule is NC1CCCCC1C(=O)N1CCCC1CCCO. The Bertz CT molecular complexity index is 283. The van der Waals surface area contributed by atoms with E-state index in [2.05, 4.69) is 0 Å². The number of carbonyl (C=O) groups is 1. The molecule has 0 aromatic rings. The summed E-state index contributed by atoms with van der Waals surface area (Å²) in [5, 5.41) is 8.92. The van der Waals surface area contributed by atoms with E-state index in [9.17, 15) is 4.79 Å². The molecule has 2 rings (SSSR count). The van der Waals surface area contributed by atoms with E-state index < -0.39 is 0 Å². The Kier molecular flexibility index (Phi) is 5.01. The number of nitrogens with zero attached hydrogens (tertiary/aromatic N) is 1. The third-order valence-electron chi connectivity index (χ3n) is 4.49. The maximum absolute atomic E-state index is 12.6. The van der Waals surface area contributed by atoms with Gasteiger partial charge in [-0.15, -0.1) is 0 Å². The maximum atomic E-state index is 12.6. The Morgan fingerprint density at radius 3 is 2.72 bits per heavy atom. The summed E-state index contributed by atoms with van der Waals surface area (Å²) in [6.45, 7) is 1.11. The van der Waals surface area contributed by atoms with Crippen molar-refractivity contribution in [3.63, 3.8) is 0 Å². The molecule has 0 spiro atoms. The van der Waals surface area contributed by atoms with E-state index in [1.165, 1.54) is 6.42 Å². The summed E-state index contributed by atoms with van der Waals surface area (Å²) < 4.78 is 0. The normalized spacial score (nSPS) is 32.8. The minimum Gasteiger partial charge on any atom is -0.396 e. The number of nitrogens with two attached hydrogens (primary N) is 1. The van der Waals surface area contributed by atoms with Gasteiger partial charge in [-0.3, -0.25) is 4.79 Å². The van der Waals surface area contributed by atoms with E-state index in [-0.39, 0.29) is 24.5 Å². The molecule has 3 unspecified atom stereocenters. The predicted molar refractivity (Wildman–Crippen MR) is 71.0 cm³/mol. The van der Waals surface area contributed by atoms with E-state index in [4.69, 9.17) is 10.8 Å². The standard InChI is InChI=1S/C14H26N2O2/c15-13-8-2-1-7-12(13)14(18)16-9-3-5-11(16)6-4-10-17/h11-13,17H,1-10,15H2. The van der Waals surface area contributed by atoms with Crippen LogP contribution in [0.15, 0.2) is 0 Å². The zero-order valence-corrected chi connectivity index (χ0v) is 11.2. The molecule has 0 bridgehead atoms. The molecular formula is C14H26N2O2. The van der Waals surface area contributed by atoms with Crippen LogP contribution in [0.3, 0.4) is 0 Å². The Labute approximate surface area is 110 Å². The first kappa shape index (κ1) is 13.8. The van der Waals surface area contributed by atoms with Gasteiger partial charge in [-0.1, -0.05) is 12.8 Å². The smallest absolute Gasteiger partial charge is 0.227 e. The fourth-order valence-corrected chi connectivity index (χ4v) is 3.43. The zero-order valence-electron chi connectivity index (χ0n) is 11.2. The molecule has 0 aromatic heterocycles. The third kappa shape index (κ3) is 3.04. The van der Waals surface area contributed by atoms with Gasteiger partial charge < -0.3 is 15.7 Å². The lowest BCUT2D eigenvalue weighted by molar-refractivity contribution is -0.138. The van der Waals surface area contributed by atoms with Crippen LogP contribution in [-0.2, 0) is 4.79 Å². The summed E-state index contributed by atoms with van der Waals surface area (Å²) >= 11 is 0. The third-order valence-corrected chi connectivity index (χ3v) is 4.49.